The van der Waals surface area contributed by atoms with Crippen molar-refractivity contribution in [2.24, 2.45) is 5.11 Å². The van der Waals surface area contributed by atoms with Crippen molar-refractivity contribution in [2.75, 3.05) is 7.11 Å². The first-order valence-corrected chi connectivity index (χ1v) is 3.59. The average molecular weight is 177 g/mol. The zero-order valence-corrected chi connectivity index (χ0v) is 7.42. The smallest absolute Gasteiger partial charge is 0.118 e. The Hall–Kier alpha value is -1.93. The minimum atomic E-state index is 0.910. The van der Waals surface area contributed by atoms with Gasteiger partial charge < -0.3 is 4.74 Å². The molecule has 13 heavy (non-hydrogen) atoms. The molecular weight excluding hydrogens is 166 g/mol. The van der Waals surface area contributed by atoms with Crippen LogP contribution in [0.5, 0.6) is 5.75 Å². The van der Waals surface area contributed by atoms with Crippen molar-refractivity contribution in [3.63, 3.8) is 0 Å². The summed E-state index contributed by atoms with van der Waals surface area (Å²) in [5.74, 6) is 0.910. The molecule has 1 rings (SSSR count). The van der Waals surface area contributed by atoms with Gasteiger partial charge in [0.25, 0.3) is 0 Å². The van der Waals surface area contributed by atoms with Gasteiger partial charge in [-0.25, -0.2) is 0 Å². The SMILES string of the molecule is C=CN=[N+]=[N-].COc1ccccc1. The van der Waals surface area contributed by atoms with Gasteiger partial charge in [0, 0.05) is 4.91 Å². The van der Waals surface area contributed by atoms with Crippen LogP contribution in [-0.2, 0) is 0 Å². The summed E-state index contributed by atoms with van der Waals surface area (Å²) in [6, 6.07) is 9.68. The second-order valence-electron chi connectivity index (χ2n) is 1.90. The zero-order valence-electron chi connectivity index (χ0n) is 7.42. The molecule has 0 aliphatic rings. The Balaban J connectivity index is 0.000000252. The van der Waals surface area contributed by atoms with Crippen molar-refractivity contribution >= 4 is 0 Å². The van der Waals surface area contributed by atoms with Crippen LogP contribution in [0.4, 0.5) is 0 Å². The Morgan fingerprint density at radius 3 is 2.31 bits per heavy atom. The second-order valence-corrected chi connectivity index (χ2v) is 1.90. The maximum atomic E-state index is 7.45. The van der Waals surface area contributed by atoms with E-state index in [1.165, 1.54) is 0 Å². The first kappa shape index (κ1) is 11.1. The van der Waals surface area contributed by atoms with Crippen molar-refractivity contribution in [3.05, 3.63) is 53.6 Å². The molecule has 0 aliphatic heterocycles. The molecule has 0 atom stereocenters. The third-order valence-electron chi connectivity index (χ3n) is 1.11. The summed E-state index contributed by atoms with van der Waals surface area (Å²) in [7, 11) is 1.66. The van der Waals surface area contributed by atoms with E-state index in [-0.39, 0.29) is 0 Å². The maximum absolute atomic E-state index is 7.45. The fourth-order valence-electron chi connectivity index (χ4n) is 0.593. The summed E-state index contributed by atoms with van der Waals surface area (Å²) >= 11 is 0. The van der Waals surface area contributed by atoms with Gasteiger partial charge >= 0.3 is 0 Å². The molecule has 4 nitrogen and oxygen atoms in total. The Morgan fingerprint density at radius 1 is 1.46 bits per heavy atom. The predicted molar refractivity (Wildman–Crippen MR) is 52.3 cm³/mol. The molecule has 1 aromatic rings. The molecule has 0 radical (unpaired) electrons. The lowest BCUT2D eigenvalue weighted by Gasteiger charge is -1.93. The van der Waals surface area contributed by atoms with E-state index in [0.29, 0.717) is 0 Å². The summed E-state index contributed by atoms with van der Waals surface area (Å²) in [5, 5.41) is 2.92. The second kappa shape index (κ2) is 8.17. The van der Waals surface area contributed by atoms with Crippen LogP contribution in [0.25, 0.3) is 10.4 Å². The Labute approximate surface area is 77.1 Å². The van der Waals surface area contributed by atoms with E-state index in [2.05, 4.69) is 16.6 Å². The number of hydrogen-bond donors (Lipinski definition) is 0. The van der Waals surface area contributed by atoms with Gasteiger partial charge in [-0.2, -0.15) is 0 Å². The maximum Gasteiger partial charge on any atom is 0.118 e. The molecule has 0 heterocycles. The number of ether oxygens (including phenoxy) is 1. The molecule has 4 heteroatoms. The molecule has 0 spiro atoms. The van der Waals surface area contributed by atoms with E-state index in [9.17, 15) is 0 Å². The minimum Gasteiger partial charge on any atom is -0.497 e. The van der Waals surface area contributed by atoms with E-state index >= 15 is 0 Å². The van der Waals surface area contributed by atoms with Crippen LogP contribution in [0, 0.1) is 0 Å². The number of azide groups is 1. The fourth-order valence-corrected chi connectivity index (χ4v) is 0.593. The van der Waals surface area contributed by atoms with Gasteiger partial charge in [-0.3, -0.25) is 0 Å². The molecule has 0 saturated heterocycles. The monoisotopic (exact) mass is 177 g/mol. The van der Waals surface area contributed by atoms with E-state index in [0.717, 1.165) is 11.9 Å². The summed E-state index contributed by atoms with van der Waals surface area (Å²) in [6.07, 6.45) is 1.14. The highest BCUT2D eigenvalue weighted by molar-refractivity contribution is 5.20. The number of nitrogens with zero attached hydrogens (tertiary/aromatic N) is 3. The van der Waals surface area contributed by atoms with E-state index < -0.39 is 0 Å². The number of rotatable bonds is 2. The first-order valence-electron chi connectivity index (χ1n) is 3.59. The van der Waals surface area contributed by atoms with Crippen molar-refractivity contribution in [2.45, 2.75) is 0 Å². The third kappa shape index (κ3) is 6.47. The van der Waals surface area contributed by atoms with Gasteiger partial charge in [0.05, 0.1) is 7.11 Å². The van der Waals surface area contributed by atoms with E-state index in [1.54, 1.807) is 7.11 Å². The van der Waals surface area contributed by atoms with Crippen molar-refractivity contribution < 1.29 is 4.74 Å². The van der Waals surface area contributed by atoms with E-state index in [1.807, 2.05) is 30.3 Å². The van der Waals surface area contributed by atoms with Crippen LogP contribution in [-0.4, -0.2) is 7.11 Å². The van der Waals surface area contributed by atoms with Crippen LogP contribution in [0.1, 0.15) is 0 Å². The summed E-state index contributed by atoms with van der Waals surface area (Å²) in [6.45, 7) is 3.13. The molecule has 0 amide bonds. The number of para-hydroxylation sites is 1. The van der Waals surface area contributed by atoms with Crippen molar-refractivity contribution in [1.82, 2.24) is 0 Å². The van der Waals surface area contributed by atoms with Crippen molar-refractivity contribution in [1.29, 1.82) is 0 Å². The zero-order chi connectivity index (χ0) is 9.94. The lowest BCUT2D eigenvalue weighted by atomic mass is 10.3. The number of methoxy groups -OCH3 is 1. The van der Waals surface area contributed by atoms with Gasteiger partial charge in [-0.15, -0.1) is 0 Å². The van der Waals surface area contributed by atoms with Crippen LogP contribution in [0.3, 0.4) is 0 Å². The molecule has 0 aliphatic carbocycles. The molecule has 1 aromatic carbocycles. The molecule has 0 bridgehead atoms. The Kier molecular flexibility index (Phi) is 6.96. The molecule has 0 aromatic heterocycles. The normalized spacial score (nSPS) is 7.15. The summed E-state index contributed by atoms with van der Waals surface area (Å²) in [5.41, 5.74) is 7.45. The summed E-state index contributed by atoms with van der Waals surface area (Å²) < 4.78 is 4.91. The Bertz CT molecular complexity index is 278. The number of benzene rings is 1. The van der Waals surface area contributed by atoms with Gasteiger partial charge in [0.2, 0.25) is 0 Å². The topological polar surface area (TPSA) is 58.0 Å². The largest absolute Gasteiger partial charge is 0.497 e. The Morgan fingerprint density at radius 2 is 2.08 bits per heavy atom. The lowest BCUT2D eigenvalue weighted by Crippen LogP contribution is -1.78. The number of hydrogen-bond acceptors (Lipinski definition) is 2. The highest BCUT2D eigenvalue weighted by atomic mass is 16.5. The molecule has 0 saturated carbocycles. The highest BCUT2D eigenvalue weighted by Gasteiger charge is 1.80. The molecular formula is C9H11N3O. The highest BCUT2D eigenvalue weighted by Crippen LogP contribution is 2.05. The van der Waals surface area contributed by atoms with Crippen molar-refractivity contribution in [3.8, 4) is 5.75 Å². The summed E-state index contributed by atoms with van der Waals surface area (Å²) in [4.78, 5) is 2.36. The van der Waals surface area contributed by atoms with Gasteiger partial charge in [-0.05, 0) is 23.9 Å². The first-order chi connectivity index (χ1) is 6.35. The predicted octanol–water partition coefficient (Wildman–Crippen LogP) is 3.14. The minimum absolute atomic E-state index is 0.910. The van der Waals surface area contributed by atoms with E-state index in [4.69, 9.17) is 10.3 Å². The van der Waals surface area contributed by atoms with Gasteiger partial charge in [-0.1, -0.05) is 29.9 Å². The van der Waals surface area contributed by atoms with Gasteiger partial charge in [0.15, 0.2) is 0 Å². The molecule has 68 valence electrons. The molecule has 0 unspecified atom stereocenters. The standard InChI is InChI=1S/C7H8O.C2H3N3/c1-8-7-5-3-2-4-6-7;1-2-4-5-3/h2-6H,1H3;2H,1H2. The fraction of sp³-hybridized carbons (Fsp3) is 0.111. The van der Waals surface area contributed by atoms with Crippen LogP contribution < -0.4 is 4.74 Å². The quantitative estimate of drug-likeness (QED) is 0.389. The van der Waals surface area contributed by atoms with Crippen LogP contribution >= 0.6 is 0 Å². The van der Waals surface area contributed by atoms with Crippen LogP contribution in [0.15, 0.2) is 48.2 Å². The lowest BCUT2D eigenvalue weighted by molar-refractivity contribution is 0.415. The molecule has 0 N–H and O–H groups in total. The third-order valence-corrected chi connectivity index (χ3v) is 1.11. The molecule has 0 fully saturated rings. The average Bonchev–Trinajstić information content (AvgIpc) is 2.21. The van der Waals surface area contributed by atoms with Crippen LogP contribution in [0.2, 0.25) is 0 Å². The van der Waals surface area contributed by atoms with Gasteiger partial charge in [0.1, 0.15) is 5.75 Å².